The van der Waals surface area contributed by atoms with Crippen LogP contribution in [0.2, 0.25) is 0 Å². The maximum atomic E-state index is 9.08. The molecule has 1 fully saturated rings. The maximum Gasteiger partial charge on any atom is 0.106 e. The molecular formula is C6H12O3. The van der Waals surface area contributed by atoms with Gasteiger partial charge in [0.25, 0.3) is 0 Å². The summed E-state index contributed by atoms with van der Waals surface area (Å²) in [7, 11) is 0. The fourth-order valence-electron chi connectivity index (χ4n) is 0.999. The van der Waals surface area contributed by atoms with Crippen LogP contribution < -0.4 is 0 Å². The summed E-state index contributed by atoms with van der Waals surface area (Å²) in [6, 6.07) is 0. The highest BCUT2D eigenvalue weighted by molar-refractivity contribution is 4.71. The van der Waals surface area contributed by atoms with Crippen molar-refractivity contribution in [2.24, 2.45) is 0 Å². The van der Waals surface area contributed by atoms with Gasteiger partial charge in [0, 0.05) is 6.61 Å². The van der Waals surface area contributed by atoms with Gasteiger partial charge >= 0.3 is 0 Å². The van der Waals surface area contributed by atoms with E-state index in [1.807, 2.05) is 0 Å². The average Bonchev–Trinajstić information content (AvgIpc) is 1.89. The molecule has 1 unspecified atom stereocenters. The molecule has 1 rings (SSSR count). The van der Waals surface area contributed by atoms with E-state index in [2.05, 4.69) is 0 Å². The predicted molar refractivity (Wildman–Crippen MR) is 32.1 cm³/mol. The molecule has 0 aromatic heterocycles. The Morgan fingerprint density at radius 3 is 2.78 bits per heavy atom. The van der Waals surface area contributed by atoms with Crippen LogP contribution in [0.3, 0.4) is 0 Å². The van der Waals surface area contributed by atoms with Crippen molar-refractivity contribution in [3.05, 3.63) is 0 Å². The van der Waals surface area contributed by atoms with E-state index >= 15 is 0 Å². The zero-order valence-corrected chi connectivity index (χ0v) is 5.29. The summed E-state index contributed by atoms with van der Waals surface area (Å²) in [5.41, 5.74) is 0. The van der Waals surface area contributed by atoms with E-state index in [1.54, 1.807) is 0 Å². The van der Waals surface area contributed by atoms with Crippen molar-refractivity contribution in [3.63, 3.8) is 0 Å². The zero-order valence-electron chi connectivity index (χ0n) is 5.29. The van der Waals surface area contributed by atoms with Gasteiger partial charge in [-0.3, -0.25) is 0 Å². The van der Waals surface area contributed by atoms with Crippen LogP contribution in [-0.4, -0.2) is 35.6 Å². The lowest BCUT2D eigenvalue weighted by molar-refractivity contribution is -0.0942. The quantitative estimate of drug-likeness (QED) is 0.506. The first-order valence-corrected chi connectivity index (χ1v) is 3.25. The van der Waals surface area contributed by atoms with E-state index in [1.165, 1.54) is 0 Å². The number of rotatable bonds is 1. The Kier molecular flexibility index (Phi) is 2.45. The van der Waals surface area contributed by atoms with Crippen molar-refractivity contribution in [3.8, 4) is 0 Å². The molecule has 0 aromatic rings. The van der Waals surface area contributed by atoms with Crippen LogP contribution in [0, 0.1) is 0 Å². The summed E-state index contributed by atoms with van der Waals surface area (Å²) in [6.07, 6.45) is 0.866. The Bertz CT molecular complexity index is 84.4. The van der Waals surface area contributed by atoms with Crippen molar-refractivity contribution in [1.29, 1.82) is 0 Å². The minimum Gasteiger partial charge on any atom is -0.394 e. The molecule has 1 saturated heterocycles. The zero-order chi connectivity index (χ0) is 6.69. The van der Waals surface area contributed by atoms with Crippen molar-refractivity contribution in [1.82, 2.24) is 0 Å². The van der Waals surface area contributed by atoms with Crippen molar-refractivity contribution < 1.29 is 14.9 Å². The van der Waals surface area contributed by atoms with Crippen LogP contribution in [0.15, 0.2) is 0 Å². The molecule has 0 saturated carbocycles. The van der Waals surface area contributed by atoms with Gasteiger partial charge in [0.1, 0.15) is 6.10 Å². The lowest BCUT2D eigenvalue weighted by Gasteiger charge is -2.25. The molecule has 1 aliphatic rings. The van der Waals surface area contributed by atoms with Crippen LogP contribution in [0.1, 0.15) is 12.8 Å². The second-order valence-electron chi connectivity index (χ2n) is 2.30. The molecule has 0 spiro atoms. The summed E-state index contributed by atoms with van der Waals surface area (Å²) in [4.78, 5) is 0. The molecule has 0 bridgehead atoms. The first kappa shape index (κ1) is 6.99. The third-order valence-electron chi connectivity index (χ3n) is 1.59. The van der Waals surface area contributed by atoms with E-state index in [9.17, 15) is 0 Å². The summed E-state index contributed by atoms with van der Waals surface area (Å²) in [6.45, 7) is 0.601. The Balaban J connectivity index is 2.30. The molecule has 2 N–H and O–H groups in total. The normalized spacial score (nSPS) is 36.7. The Morgan fingerprint density at radius 1 is 1.56 bits per heavy atom. The number of hydrogen-bond acceptors (Lipinski definition) is 3. The molecule has 3 nitrogen and oxygen atoms in total. The van der Waals surface area contributed by atoms with Crippen LogP contribution in [0.5, 0.6) is 0 Å². The van der Waals surface area contributed by atoms with Gasteiger partial charge in [-0.25, -0.2) is 0 Å². The fraction of sp³-hybridized carbons (Fsp3) is 1.00. The van der Waals surface area contributed by atoms with E-state index in [0.717, 1.165) is 12.8 Å². The smallest absolute Gasteiger partial charge is 0.106 e. The Labute approximate surface area is 54.3 Å². The number of aliphatic hydroxyl groups excluding tert-OH is 2. The van der Waals surface area contributed by atoms with E-state index in [4.69, 9.17) is 14.9 Å². The Hall–Kier alpha value is -0.120. The molecule has 0 aliphatic carbocycles. The molecule has 0 radical (unpaired) electrons. The summed E-state index contributed by atoms with van der Waals surface area (Å²) in [5.74, 6) is 0. The van der Waals surface area contributed by atoms with Crippen molar-refractivity contribution >= 4 is 0 Å². The lowest BCUT2D eigenvalue weighted by atomic mass is 10.1. The number of ether oxygens (including phenoxy) is 1. The third kappa shape index (κ3) is 1.64. The van der Waals surface area contributed by atoms with Gasteiger partial charge in [-0.2, -0.15) is 0 Å². The first-order valence-electron chi connectivity index (χ1n) is 3.25. The average molecular weight is 132 g/mol. The van der Waals surface area contributed by atoms with Gasteiger partial charge in [0.05, 0.1) is 12.7 Å². The van der Waals surface area contributed by atoms with Crippen LogP contribution in [0.4, 0.5) is 0 Å². The van der Waals surface area contributed by atoms with E-state index in [0.29, 0.717) is 6.61 Å². The van der Waals surface area contributed by atoms with Crippen LogP contribution in [0.25, 0.3) is 0 Å². The minimum absolute atomic E-state index is 0.0683. The van der Waals surface area contributed by atoms with Crippen molar-refractivity contribution in [2.45, 2.75) is 25.0 Å². The molecule has 9 heavy (non-hydrogen) atoms. The molecule has 1 aliphatic heterocycles. The molecule has 0 amide bonds. The van der Waals surface area contributed by atoms with Crippen LogP contribution >= 0.6 is 0 Å². The second kappa shape index (κ2) is 3.15. The third-order valence-corrected chi connectivity index (χ3v) is 1.59. The maximum absolute atomic E-state index is 9.08. The van der Waals surface area contributed by atoms with Crippen molar-refractivity contribution in [2.75, 3.05) is 13.2 Å². The standard InChI is InChI=1S/C6H12O3/c7-4-6-5(8)2-1-3-9-6/h5-8H,1-4H2/t5?,6-/m1/s1. The predicted octanol–water partition coefficient (Wildman–Crippen LogP) is -0.481. The topological polar surface area (TPSA) is 49.7 Å². The second-order valence-corrected chi connectivity index (χ2v) is 2.30. The molecule has 2 atom stereocenters. The van der Waals surface area contributed by atoms with Gasteiger partial charge in [0.2, 0.25) is 0 Å². The Morgan fingerprint density at radius 2 is 2.33 bits per heavy atom. The fourth-order valence-corrected chi connectivity index (χ4v) is 0.999. The monoisotopic (exact) mass is 132 g/mol. The number of aliphatic hydroxyl groups is 2. The minimum atomic E-state index is -0.455. The first-order chi connectivity index (χ1) is 4.34. The molecule has 1 heterocycles. The van der Waals surface area contributed by atoms with Gasteiger partial charge < -0.3 is 14.9 Å². The van der Waals surface area contributed by atoms with E-state index in [-0.39, 0.29) is 12.7 Å². The summed E-state index contributed by atoms with van der Waals surface area (Å²) in [5, 5.41) is 17.7. The highest BCUT2D eigenvalue weighted by atomic mass is 16.5. The molecule has 3 heteroatoms. The number of hydrogen-bond donors (Lipinski definition) is 2. The van der Waals surface area contributed by atoms with Gasteiger partial charge in [-0.15, -0.1) is 0 Å². The lowest BCUT2D eigenvalue weighted by Crippen LogP contribution is -2.36. The molecular weight excluding hydrogens is 120 g/mol. The highest BCUT2D eigenvalue weighted by Crippen LogP contribution is 2.12. The van der Waals surface area contributed by atoms with Gasteiger partial charge in [-0.05, 0) is 12.8 Å². The SMILES string of the molecule is OC[C@H]1OCCCC1O. The molecule has 54 valence electrons. The summed E-state index contributed by atoms with van der Waals surface area (Å²) >= 11 is 0. The highest BCUT2D eigenvalue weighted by Gasteiger charge is 2.22. The van der Waals surface area contributed by atoms with Gasteiger partial charge in [0.15, 0.2) is 0 Å². The van der Waals surface area contributed by atoms with Gasteiger partial charge in [-0.1, -0.05) is 0 Å². The molecule has 0 aromatic carbocycles. The summed E-state index contributed by atoms with van der Waals surface area (Å²) < 4.78 is 5.04. The largest absolute Gasteiger partial charge is 0.394 e. The van der Waals surface area contributed by atoms with E-state index < -0.39 is 6.10 Å². The van der Waals surface area contributed by atoms with Crippen LogP contribution in [-0.2, 0) is 4.74 Å².